The molecule has 1 saturated carbocycles. The molecular formula is C25H23ClN2O3. The number of carbonyl (C=O) groups is 3. The zero-order chi connectivity index (χ0) is 21.7. The van der Waals surface area contributed by atoms with Crippen molar-refractivity contribution in [1.82, 2.24) is 4.90 Å². The third kappa shape index (κ3) is 3.37. The van der Waals surface area contributed by atoms with Crippen molar-refractivity contribution in [2.75, 3.05) is 5.32 Å². The molecule has 3 aliphatic rings. The fourth-order valence-corrected chi connectivity index (χ4v) is 5.49. The van der Waals surface area contributed by atoms with Crippen molar-refractivity contribution >= 4 is 35.0 Å². The second-order valence-electron chi connectivity index (χ2n) is 8.70. The highest BCUT2D eigenvalue weighted by Gasteiger charge is 2.61. The van der Waals surface area contributed by atoms with Crippen molar-refractivity contribution in [2.45, 2.75) is 25.8 Å². The third-order valence-corrected chi connectivity index (χ3v) is 7.08. The topological polar surface area (TPSA) is 66.5 Å². The van der Waals surface area contributed by atoms with Crippen molar-refractivity contribution in [1.29, 1.82) is 0 Å². The van der Waals surface area contributed by atoms with Gasteiger partial charge in [0.1, 0.15) is 6.04 Å². The number of amides is 3. The van der Waals surface area contributed by atoms with E-state index in [1.54, 1.807) is 12.1 Å². The number of nitrogens with one attached hydrogen (secondary N) is 1. The van der Waals surface area contributed by atoms with Gasteiger partial charge in [-0.2, -0.15) is 0 Å². The highest BCUT2D eigenvalue weighted by molar-refractivity contribution is 6.31. The van der Waals surface area contributed by atoms with Gasteiger partial charge in [-0.05, 0) is 48.4 Å². The Balaban J connectivity index is 1.47. The van der Waals surface area contributed by atoms with Crippen LogP contribution in [0.1, 0.15) is 17.5 Å². The molecule has 0 aromatic heterocycles. The molecule has 1 aliphatic heterocycles. The number of hydrogen-bond acceptors (Lipinski definition) is 3. The van der Waals surface area contributed by atoms with E-state index in [0.717, 1.165) is 17.5 Å². The maximum atomic E-state index is 13.4. The van der Waals surface area contributed by atoms with Gasteiger partial charge in [0.05, 0.1) is 11.8 Å². The quantitative estimate of drug-likeness (QED) is 0.571. The van der Waals surface area contributed by atoms with E-state index >= 15 is 0 Å². The molecule has 2 aromatic rings. The molecule has 2 bridgehead atoms. The van der Waals surface area contributed by atoms with Crippen molar-refractivity contribution in [2.24, 2.45) is 23.7 Å². The Morgan fingerprint density at radius 2 is 1.71 bits per heavy atom. The Morgan fingerprint density at radius 1 is 1.06 bits per heavy atom. The molecule has 31 heavy (non-hydrogen) atoms. The van der Waals surface area contributed by atoms with Gasteiger partial charge in [0.25, 0.3) is 0 Å². The van der Waals surface area contributed by atoms with E-state index in [1.165, 1.54) is 4.90 Å². The van der Waals surface area contributed by atoms with Crippen molar-refractivity contribution in [3.8, 4) is 0 Å². The Kier molecular flexibility index (Phi) is 4.94. The van der Waals surface area contributed by atoms with E-state index in [0.29, 0.717) is 10.7 Å². The monoisotopic (exact) mass is 434 g/mol. The summed E-state index contributed by atoms with van der Waals surface area (Å²) in [7, 11) is 0. The van der Waals surface area contributed by atoms with Crippen molar-refractivity contribution in [3.63, 3.8) is 0 Å². The first-order chi connectivity index (χ1) is 14.9. The molecule has 2 aliphatic carbocycles. The maximum Gasteiger partial charge on any atom is 0.248 e. The van der Waals surface area contributed by atoms with Crippen LogP contribution in [0.5, 0.6) is 0 Å². The minimum atomic E-state index is -0.911. The van der Waals surface area contributed by atoms with Crippen LogP contribution in [-0.4, -0.2) is 28.7 Å². The summed E-state index contributed by atoms with van der Waals surface area (Å²) in [6.07, 6.45) is 5.24. The largest absolute Gasteiger partial charge is 0.324 e. The normalized spacial score (nSPS) is 27.0. The number of anilines is 1. The second-order valence-corrected chi connectivity index (χ2v) is 9.14. The lowest BCUT2D eigenvalue weighted by Crippen LogP contribution is -2.49. The van der Waals surface area contributed by atoms with Gasteiger partial charge < -0.3 is 5.32 Å². The van der Waals surface area contributed by atoms with Crippen LogP contribution in [0.2, 0.25) is 5.02 Å². The van der Waals surface area contributed by atoms with Crippen molar-refractivity contribution in [3.05, 3.63) is 76.8 Å². The predicted molar refractivity (Wildman–Crippen MR) is 118 cm³/mol. The minimum Gasteiger partial charge on any atom is -0.324 e. The third-order valence-electron chi connectivity index (χ3n) is 6.85. The first-order valence-corrected chi connectivity index (χ1v) is 11.0. The Labute approximate surface area is 186 Å². The fourth-order valence-electron chi connectivity index (χ4n) is 5.32. The summed E-state index contributed by atoms with van der Waals surface area (Å²) >= 11 is 6.11. The van der Waals surface area contributed by atoms with Gasteiger partial charge in [0.15, 0.2) is 0 Å². The average molecular weight is 435 g/mol. The van der Waals surface area contributed by atoms with E-state index < -0.39 is 6.04 Å². The van der Waals surface area contributed by atoms with Crippen LogP contribution in [-0.2, 0) is 20.8 Å². The standard InChI is InChI=1S/C25H23ClN2O3/c1-14-7-10-18(26)13-19(14)27-23(29)20(11-15-5-3-2-4-6-15)28-24(30)21-16-8-9-17(12-16)22(21)25(28)31/h2-10,13,16-17,20-22H,11-12H2,1H3,(H,27,29)/t16-,17+,20-,21+,22-/m0/s1. The summed E-state index contributed by atoms with van der Waals surface area (Å²) in [6, 6.07) is 13.8. The molecule has 1 heterocycles. The van der Waals surface area contributed by atoms with E-state index in [4.69, 9.17) is 11.6 Å². The number of hydrogen-bond donors (Lipinski definition) is 1. The number of nitrogens with zero attached hydrogens (tertiary/aromatic N) is 1. The SMILES string of the molecule is Cc1ccc(Cl)cc1NC(=O)[C@H](Cc1ccccc1)N1C(=O)[C@@H]2[C@H](C1=O)[C@H]1C=C[C@@H]2C1. The Hall–Kier alpha value is -2.92. The lowest BCUT2D eigenvalue weighted by atomic mass is 9.85. The number of imide groups is 1. The molecule has 2 fully saturated rings. The lowest BCUT2D eigenvalue weighted by molar-refractivity contribution is -0.147. The molecule has 5 atom stereocenters. The van der Waals surface area contributed by atoms with Crippen LogP contribution >= 0.6 is 11.6 Å². The van der Waals surface area contributed by atoms with Gasteiger partial charge >= 0.3 is 0 Å². The van der Waals surface area contributed by atoms with Crippen LogP contribution in [0.3, 0.4) is 0 Å². The maximum absolute atomic E-state index is 13.4. The van der Waals surface area contributed by atoms with Gasteiger partial charge in [-0.1, -0.05) is 60.2 Å². The molecule has 5 nitrogen and oxygen atoms in total. The minimum absolute atomic E-state index is 0.104. The van der Waals surface area contributed by atoms with Gasteiger partial charge in [-0.15, -0.1) is 0 Å². The van der Waals surface area contributed by atoms with E-state index in [-0.39, 0.29) is 47.8 Å². The lowest BCUT2D eigenvalue weighted by Gasteiger charge is -2.27. The van der Waals surface area contributed by atoms with Crippen LogP contribution in [0.25, 0.3) is 0 Å². The summed E-state index contributed by atoms with van der Waals surface area (Å²) in [5, 5.41) is 3.41. The Morgan fingerprint density at radius 3 is 2.35 bits per heavy atom. The number of benzene rings is 2. The molecule has 0 radical (unpaired) electrons. The molecular weight excluding hydrogens is 412 g/mol. The first kappa shape index (κ1) is 20.0. The van der Waals surface area contributed by atoms with Gasteiger partial charge in [-0.25, -0.2) is 0 Å². The van der Waals surface area contributed by atoms with Crippen LogP contribution in [0, 0.1) is 30.6 Å². The smallest absolute Gasteiger partial charge is 0.248 e. The summed E-state index contributed by atoms with van der Waals surface area (Å²) in [4.78, 5) is 41.4. The molecule has 1 N–H and O–H groups in total. The molecule has 6 heteroatoms. The zero-order valence-corrected chi connectivity index (χ0v) is 17.9. The number of carbonyl (C=O) groups excluding carboxylic acids is 3. The Bertz CT molecular complexity index is 1070. The number of allylic oxidation sites excluding steroid dienone is 2. The molecule has 0 unspecified atom stereocenters. The van der Waals surface area contributed by atoms with Crippen molar-refractivity contribution < 1.29 is 14.4 Å². The summed E-state index contributed by atoms with van der Waals surface area (Å²) in [6.45, 7) is 1.87. The molecule has 3 amide bonds. The number of rotatable bonds is 5. The number of halogens is 1. The first-order valence-electron chi connectivity index (χ1n) is 10.6. The summed E-state index contributed by atoms with van der Waals surface area (Å²) in [5.41, 5.74) is 2.33. The van der Waals surface area contributed by atoms with Crippen LogP contribution < -0.4 is 5.32 Å². The number of likely N-dealkylation sites (tertiary alicyclic amines) is 1. The molecule has 5 rings (SSSR count). The van der Waals surface area contributed by atoms with Gasteiger partial charge in [-0.3, -0.25) is 19.3 Å². The average Bonchev–Trinajstić information content (AvgIpc) is 3.44. The predicted octanol–water partition coefficient (Wildman–Crippen LogP) is 4.01. The fraction of sp³-hybridized carbons (Fsp3) is 0.320. The van der Waals surface area contributed by atoms with Gasteiger partial charge in [0, 0.05) is 17.1 Å². The van der Waals surface area contributed by atoms with E-state index in [2.05, 4.69) is 17.5 Å². The molecule has 2 aromatic carbocycles. The van der Waals surface area contributed by atoms with E-state index in [9.17, 15) is 14.4 Å². The number of aryl methyl sites for hydroxylation is 1. The van der Waals surface area contributed by atoms with Crippen LogP contribution in [0.15, 0.2) is 60.7 Å². The highest BCUT2D eigenvalue weighted by Crippen LogP contribution is 2.53. The van der Waals surface area contributed by atoms with E-state index in [1.807, 2.05) is 43.3 Å². The number of fused-ring (bicyclic) bond motifs is 5. The van der Waals surface area contributed by atoms with Crippen LogP contribution in [0.4, 0.5) is 5.69 Å². The zero-order valence-electron chi connectivity index (χ0n) is 17.1. The summed E-state index contributed by atoms with van der Waals surface area (Å²) in [5.74, 6) is -1.27. The molecule has 158 valence electrons. The van der Waals surface area contributed by atoms with Gasteiger partial charge in [0.2, 0.25) is 17.7 Å². The summed E-state index contributed by atoms with van der Waals surface area (Å²) < 4.78 is 0. The molecule has 0 spiro atoms. The second kappa shape index (κ2) is 7.65. The molecule has 1 saturated heterocycles. The highest BCUT2D eigenvalue weighted by atomic mass is 35.5.